The van der Waals surface area contributed by atoms with Crippen molar-refractivity contribution < 1.29 is 4.42 Å². The molecule has 1 aliphatic carbocycles. The Bertz CT molecular complexity index is 466. The lowest BCUT2D eigenvalue weighted by Crippen LogP contribution is -2.29. The predicted molar refractivity (Wildman–Crippen MR) is 66.1 cm³/mol. The van der Waals surface area contributed by atoms with Crippen LogP contribution in [-0.2, 0) is 0 Å². The van der Waals surface area contributed by atoms with E-state index in [9.17, 15) is 0 Å². The van der Waals surface area contributed by atoms with E-state index in [2.05, 4.69) is 35.8 Å². The van der Waals surface area contributed by atoms with Crippen molar-refractivity contribution in [2.45, 2.75) is 18.4 Å². The van der Waals surface area contributed by atoms with Crippen LogP contribution in [0.3, 0.4) is 0 Å². The molecule has 1 saturated carbocycles. The van der Waals surface area contributed by atoms with E-state index in [4.69, 9.17) is 10.3 Å². The third kappa shape index (κ3) is 1.99. The van der Waals surface area contributed by atoms with Gasteiger partial charge in [-0.1, -0.05) is 30.3 Å². The van der Waals surface area contributed by atoms with Gasteiger partial charge in [0.2, 0.25) is 0 Å². The molecule has 3 N–H and O–H groups in total. The molecule has 17 heavy (non-hydrogen) atoms. The third-order valence-corrected chi connectivity index (χ3v) is 3.58. The molecule has 1 heterocycles. The fourth-order valence-electron chi connectivity index (χ4n) is 2.59. The molecule has 1 aromatic heterocycles. The van der Waals surface area contributed by atoms with E-state index in [1.54, 1.807) is 12.5 Å². The molecule has 1 aromatic carbocycles. The van der Waals surface area contributed by atoms with Crippen molar-refractivity contribution in [1.82, 2.24) is 5.43 Å². The maximum Gasteiger partial charge on any atom is 0.0950 e. The van der Waals surface area contributed by atoms with Gasteiger partial charge in [0.1, 0.15) is 0 Å². The lowest BCUT2D eigenvalue weighted by atomic mass is 10.0. The Hall–Kier alpha value is -1.58. The molecule has 0 amide bonds. The summed E-state index contributed by atoms with van der Waals surface area (Å²) in [6.45, 7) is 0. The zero-order valence-electron chi connectivity index (χ0n) is 9.54. The summed E-state index contributed by atoms with van der Waals surface area (Å²) in [6.07, 6.45) is 4.65. The van der Waals surface area contributed by atoms with Crippen LogP contribution in [0.5, 0.6) is 0 Å². The second-order valence-corrected chi connectivity index (χ2v) is 4.62. The molecule has 0 radical (unpaired) electrons. The first-order valence-corrected chi connectivity index (χ1v) is 5.93. The number of nitrogens with one attached hydrogen (secondary N) is 1. The van der Waals surface area contributed by atoms with E-state index in [-0.39, 0.29) is 6.04 Å². The predicted octanol–water partition coefficient (Wildman–Crippen LogP) is 2.59. The Morgan fingerprint density at radius 2 is 2.06 bits per heavy atom. The summed E-state index contributed by atoms with van der Waals surface area (Å²) in [4.78, 5) is 0. The molecule has 1 fully saturated rings. The van der Waals surface area contributed by atoms with Crippen LogP contribution in [0.15, 0.2) is 53.3 Å². The summed E-state index contributed by atoms with van der Waals surface area (Å²) in [5, 5.41) is 0. The number of hydrogen-bond acceptors (Lipinski definition) is 3. The molecule has 0 saturated heterocycles. The standard InChI is InChI=1S/C14H16N2O/c15-16-14(11-6-7-17-9-11)13-8-12(13)10-4-2-1-3-5-10/h1-7,9,12-14,16H,8,15H2. The Morgan fingerprint density at radius 3 is 2.71 bits per heavy atom. The molecular formula is C14H16N2O. The number of benzene rings is 1. The molecule has 1 aliphatic rings. The van der Waals surface area contributed by atoms with Crippen LogP contribution in [-0.4, -0.2) is 0 Å². The molecule has 0 bridgehead atoms. The first kappa shape index (κ1) is 10.6. The Balaban J connectivity index is 1.75. The van der Waals surface area contributed by atoms with Gasteiger partial charge in [-0.3, -0.25) is 11.3 Å². The number of hydrazine groups is 1. The Morgan fingerprint density at radius 1 is 1.24 bits per heavy atom. The summed E-state index contributed by atoms with van der Waals surface area (Å²) in [6, 6.07) is 12.8. The normalized spacial score (nSPS) is 24.5. The number of rotatable bonds is 4. The Kier molecular flexibility index (Phi) is 2.71. The van der Waals surface area contributed by atoms with Gasteiger partial charge >= 0.3 is 0 Å². The molecular weight excluding hydrogens is 212 g/mol. The van der Waals surface area contributed by atoms with Crippen LogP contribution in [0.25, 0.3) is 0 Å². The number of nitrogens with two attached hydrogens (primary N) is 1. The first-order chi connectivity index (χ1) is 8.40. The molecule has 3 atom stereocenters. The fourth-order valence-corrected chi connectivity index (χ4v) is 2.59. The highest BCUT2D eigenvalue weighted by molar-refractivity contribution is 5.29. The molecule has 3 unspecified atom stereocenters. The fraction of sp³-hybridized carbons (Fsp3) is 0.286. The monoisotopic (exact) mass is 228 g/mol. The van der Waals surface area contributed by atoms with Gasteiger partial charge in [0.25, 0.3) is 0 Å². The van der Waals surface area contributed by atoms with Crippen LogP contribution < -0.4 is 11.3 Å². The summed E-state index contributed by atoms with van der Waals surface area (Å²) < 4.78 is 5.12. The lowest BCUT2D eigenvalue weighted by Gasteiger charge is -2.13. The summed E-state index contributed by atoms with van der Waals surface area (Å²) >= 11 is 0. The molecule has 0 aliphatic heterocycles. The number of furan rings is 1. The van der Waals surface area contributed by atoms with Crippen molar-refractivity contribution >= 4 is 0 Å². The van der Waals surface area contributed by atoms with Gasteiger partial charge in [0.05, 0.1) is 18.6 Å². The lowest BCUT2D eigenvalue weighted by molar-refractivity contribution is 0.477. The SMILES string of the molecule is NNC(c1ccoc1)C1CC1c1ccccc1. The smallest absolute Gasteiger partial charge is 0.0950 e. The second kappa shape index (κ2) is 4.35. The quantitative estimate of drug-likeness (QED) is 0.624. The van der Waals surface area contributed by atoms with Crippen molar-refractivity contribution in [3.63, 3.8) is 0 Å². The van der Waals surface area contributed by atoms with E-state index in [0.29, 0.717) is 11.8 Å². The van der Waals surface area contributed by atoms with Crippen molar-refractivity contribution in [3.05, 3.63) is 60.1 Å². The van der Waals surface area contributed by atoms with Gasteiger partial charge in [-0.05, 0) is 29.9 Å². The van der Waals surface area contributed by atoms with Crippen molar-refractivity contribution in [2.75, 3.05) is 0 Å². The van der Waals surface area contributed by atoms with Crippen molar-refractivity contribution in [1.29, 1.82) is 0 Å². The highest BCUT2D eigenvalue weighted by Crippen LogP contribution is 2.53. The van der Waals surface area contributed by atoms with Gasteiger partial charge in [0, 0.05) is 5.56 Å². The largest absolute Gasteiger partial charge is 0.472 e. The topological polar surface area (TPSA) is 51.2 Å². The minimum Gasteiger partial charge on any atom is -0.472 e. The van der Waals surface area contributed by atoms with Crippen LogP contribution in [0.4, 0.5) is 0 Å². The van der Waals surface area contributed by atoms with Gasteiger partial charge in [-0.2, -0.15) is 0 Å². The van der Waals surface area contributed by atoms with E-state index < -0.39 is 0 Å². The highest BCUT2D eigenvalue weighted by atomic mass is 16.3. The van der Waals surface area contributed by atoms with E-state index in [1.807, 2.05) is 6.07 Å². The van der Waals surface area contributed by atoms with Crippen LogP contribution in [0, 0.1) is 5.92 Å². The average Bonchev–Trinajstić information content (AvgIpc) is 2.97. The first-order valence-electron chi connectivity index (χ1n) is 5.93. The highest BCUT2D eigenvalue weighted by Gasteiger charge is 2.44. The Labute approximate surface area is 101 Å². The van der Waals surface area contributed by atoms with Gasteiger partial charge in [0.15, 0.2) is 0 Å². The molecule has 3 heteroatoms. The van der Waals surface area contributed by atoms with Crippen molar-refractivity contribution in [3.8, 4) is 0 Å². The van der Waals surface area contributed by atoms with Gasteiger partial charge in [-0.25, -0.2) is 0 Å². The molecule has 88 valence electrons. The maximum atomic E-state index is 5.65. The van der Waals surface area contributed by atoms with Crippen molar-refractivity contribution in [2.24, 2.45) is 11.8 Å². The molecule has 3 rings (SSSR count). The molecule has 3 nitrogen and oxygen atoms in total. The minimum atomic E-state index is 0.193. The zero-order valence-corrected chi connectivity index (χ0v) is 9.54. The zero-order chi connectivity index (χ0) is 11.7. The molecule has 0 spiro atoms. The van der Waals surface area contributed by atoms with E-state index in [0.717, 1.165) is 5.56 Å². The third-order valence-electron chi connectivity index (χ3n) is 3.58. The van der Waals surface area contributed by atoms with E-state index >= 15 is 0 Å². The maximum absolute atomic E-state index is 5.65. The van der Waals surface area contributed by atoms with E-state index in [1.165, 1.54) is 12.0 Å². The minimum absolute atomic E-state index is 0.193. The van der Waals surface area contributed by atoms with Gasteiger partial charge in [-0.15, -0.1) is 0 Å². The van der Waals surface area contributed by atoms with Crippen LogP contribution in [0.2, 0.25) is 0 Å². The average molecular weight is 228 g/mol. The summed E-state index contributed by atoms with van der Waals surface area (Å²) in [5.74, 6) is 6.84. The van der Waals surface area contributed by atoms with Crippen LogP contribution in [0.1, 0.15) is 29.5 Å². The van der Waals surface area contributed by atoms with Gasteiger partial charge < -0.3 is 4.42 Å². The summed E-state index contributed by atoms with van der Waals surface area (Å²) in [5.41, 5.74) is 5.45. The van der Waals surface area contributed by atoms with Crippen LogP contribution >= 0.6 is 0 Å². The second-order valence-electron chi connectivity index (χ2n) is 4.62. The summed E-state index contributed by atoms with van der Waals surface area (Å²) in [7, 11) is 0. The molecule has 2 aromatic rings. The number of hydrogen-bond donors (Lipinski definition) is 2.